The maximum atomic E-state index is 10.7. The van der Waals surface area contributed by atoms with Gasteiger partial charge in [0.1, 0.15) is 0 Å². The Labute approximate surface area is 191 Å². The summed E-state index contributed by atoms with van der Waals surface area (Å²) in [5.74, 6) is -0.597. The predicted octanol–water partition coefficient (Wildman–Crippen LogP) is 4.39. The molecule has 3 atom stereocenters. The molecule has 7 nitrogen and oxygen atoms in total. The van der Waals surface area contributed by atoms with Crippen molar-refractivity contribution in [3.63, 3.8) is 0 Å². The van der Waals surface area contributed by atoms with Crippen molar-refractivity contribution in [3.8, 4) is 5.75 Å². The van der Waals surface area contributed by atoms with Gasteiger partial charge in [0.15, 0.2) is 11.4 Å². The van der Waals surface area contributed by atoms with Crippen LogP contribution in [0.5, 0.6) is 5.75 Å². The molecule has 0 aliphatic carbocycles. The maximum absolute atomic E-state index is 10.7. The number of hydrogen-bond donors (Lipinski definition) is 1. The van der Waals surface area contributed by atoms with Crippen LogP contribution in [0.2, 0.25) is 0 Å². The van der Waals surface area contributed by atoms with Gasteiger partial charge in [0.2, 0.25) is 0 Å². The first-order valence-electron chi connectivity index (χ1n) is 8.66. The van der Waals surface area contributed by atoms with Gasteiger partial charge in [0, 0.05) is 47.6 Å². The fourth-order valence-electron chi connectivity index (χ4n) is 3.06. The number of ether oxygens (including phenoxy) is 2. The molecule has 0 saturated carbocycles. The molecular weight excluding hydrogens is 392 g/mol. The fraction of sp³-hybridized carbons (Fsp3) is 0.684. The summed E-state index contributed by atoms with van der Waals surface area (Å²) in [5.41, 5.74) is -0.340. The van der Waals surface area contributed by atoms with Gasteiger partial charge in [0.05, 0.1) is 13.2 Å². The van der Waals surface area contributed by atoms with Crippen LogP contribution in [-0.2, 0) is 29.6 Å². The zero-order valence-corrected chi connectivity index (χ0v) is 21.4. The first-order valence-corrected chi connectivity index (χ1v) is 9.47. The average Bonchev–Trinajstić information content (AvgIpc) is 2.51. The van der Waals surface area contributed by atoms with E-state index in [0.29, 0.717) is 19.0 Å². The third kappa shape index (κ3) is 5.34. The Morgan fingerprint density at radius 2 is 1.61 bits per heavy atom. The second kappa shape index (κ2) is 10.3. The topological polar surface area (TPSA) is 98.2 Å². The summed E-state index contributed by atoms with van der Waals surface area (Å²) >= 11 is 0. The largest absolute Gasteiger partial charge is 0.542 e. The molecule has 155 valence electrons. The molecule has 1 saturated heterocycles. The first-order chi connectivity index (χ1) is 12.0. The monoisotopic (exact) mass is 425 g/mol. The minimum Gasteiger partial charge on any atom is -0.378 e. The normalized spacial score (nSPS) is 24.7. The van der Waals surface area contributed by atoms with E-state index in [-0.39, 0.29) is 46.5 Å². The minimum atomic E-state index is -1.11. The van der Waals surface area contributed by atoms with E-state index in [1.807, 2.05) is 12.1 Å². The molecule has 0 aromatic heterocycles. The van der Waals surface area contributed by atoms with Gasteiger partial charge in [-0.25, -0.2) is 4.89 Å². The Balaban J connectivity index is 0.00000364. The van der Waals surface area contributed by atoms with Crippen LogP contribution in [0.4, 0.5) is 0 Å². The Bertz CT molecular complexity index is 627. The van der Waals surface area contributed by atoms with Gasteiger partial charge in [-0.3, -0.25) is 4.52 Å². The molecule has 1 aliphatic heterocycles. The first kappa shape index (κ1) is 27.9. The quantitative estimate of drug-likeness (QED) is 0.393. The van der Waals surface area contributed by atoms with Gasteiger partial charge in [-0.05, 0) is 34.2 Å². The Kier molecular flexibility index (Phi) is 10.3. The van der Waals surface area contributed by atoms with Crippen molar-refractivity contribution < 1.29 is 28.3 Å². The van der Waals surface area contributed by atoms with E-state index in [1.165, 1.54) is 0 Å². The molecule has 1 aromatic rings. The zero-order valence-electron chi connectivity index (χ0n) is 18.4. The second-order valence-electron chi connectivity index (χ2n) is 8.83. The molecule has 3 N–H and O–H groups in total. The Hall–Kier alpha value is -0.0800. The summed E-state index contributed by atoms with van der Waals surface area (Å²) in [6.45, 7) is 13.5. The molecule has 2 rings (SSSR count). The predicted molar refractivity (Wildman–Crippen MR) is 110 cm³/mol. The van der Waals surface area contributed by atoms with Crippen LogP contribution in [0.3, 0.4) is 0 Å². The summed E-state index contributed by atoms with van der Waals surface area (Å²) in [6, 6.07) is 7.11. The number of hydrogen-bond acceptors (Lipinski definition) is 7. The third-order valence-corrected chi connectivity index (χ3v) is 4.89. The van der Waals surface area contributed by atoms with Gasteiger partial charge in [-0.1, -0.05) is 41.5 Å². The Morgan fingerprint density at radius 1 is 1.04 bits per heavy atom. The number of rotatable bonds is 7. The van der Waals surface area contributed by atoms with Crippen molar-refractivity contribution in [2.45, 2.75) is 52.9 Å². The minimum absolute atomic E-state index is 0. The Morgan fingerprint density at radius 3 is 1.96 bits per heavy atom. The van der Waals surface area contributed by atoms with Gasteiger partial charge in [-0.15, -0.1) is 0 Å². The van der Waals surface area contributed by atoms with Crippen LogP contribution >= 0.6 is 8.69 Å². The molecule has 1 radical (unpaired) electrons. The van der Waals surface area contributed by atoms with E-state index in [0.717, 1.165) is 5.56 Å². The van der Waals surface area contributed by atoms with Gasteiger partial charge >= 0.3 is 8.69 Å². The fourth-order valence-corrected chi connectivity index (χ4v) is 3.29. The molecule has 0 amide bonds. The van der Waals surface area contributed by atoms with E-state index in [9.17, 15) is 4.57 Å². The summed E-state index contributed by atoms with van der Waals surface area (Å²) in [4.78, 5) is 11.3. The van der Waals surface area contributed by atoms with Crippen LogP contribution < -0.4 is 10.7 Å². The van der Waals surface area contributed by atoms with Crippen molar-refractivity contribution in [2.75, 3.05) is 20.3 Å². The van der Waals surface area contributed by atoms with Crippen LogP contribution in [-0.4, -0.2) is 55.5 Å². The smallest absolute Gasteiger partial charge is 0.378 e. The van der Waals surface area contributed by atoms with E-state index in [2.05, 4.69) is 41.5 Å². The summed E-state index contributed by atoms with van der Waals surface area (Å²) in [6.07, 6.45) is 0. The van der Waals surface area contributed by atoms with E-state index in [4.69, 9.17) is 23.8 Å². The second-order valence-corrected chi connectivity index (χ2v) is 9.20. The average molecular weight is 425 g/mol. The van der Waals surface area contributed by atoms with Crippen LogP contribution in [0.1, 0.15) is 47.1 Å². The van der Waals surface area contributed by atoms with E-state index in [1.54, 1.807) is 19.2 Å². The van der Waals surface area contributed by atoms with Crippen molar-refractivity contribution in [2.24, 2.45) is 10.8 Å². The summed E-state index contributed by atoms with van der Waals surface area (Å²) in [5, 5.41) is 0. The standard InChI is InChI=1S/C19H30O6P.H3N.Na/c1-16(2,3)12-22-13-18(17(4,5)6)19(21-7,25-24-18)14-8-10-15(11-9-14)23-26-20;;/h8-11,26H,12-13H2,1-7H3;1H3;/q+1;;. The molecule has 1 aliphatic rings. The van der Waals surface area contributed by atoms with E-state index >= 15 is 0 Å². The third-order valence-electron chi connectivity index (χ3n) is 4.57. The summed E-state index contributed by atoms with van der Waals surface area (Å²) < 4.78 is 27.6. The van der Waals surface area contributed by atoms with Gasteiger partial charge < -0.3 is 15.6 Å². The van der Waals surface area contributed by atoms with Gasteiger partial charge in [-0.2, -0.15) is 4.89 Å². The van der Waals surface area contributed by atoms with Crippen molar-refractivity contribution in [1.82, 2.24) is 6.15 Å². The summed E-state index contributed by atoms with van der Waals surface area (Å²) in [7, 11) is 0.743. The van der Waals surface area contributed by atoms with Crippen LogP contribution in [0.15, 0.2) is 24.3 Å². The number of methoxy groups -OCH3 is 1. The molecule has 28 heavy (non-hydrogen) atoms. The zero-order chi connectivity index (χ0) is 19.6. The molecule has 1 aromatic carbocycles. The van der Waals surface area contributed by atoms with E-state index < -0.39 is 20.1 Å². The maximum Gasteiger partial charge on any atom is 0.542 e. The molecule has 1 heterocycles. The SMILES string of the molecule is COC1(c2ccc(O[PH+]=O)cc2)OOC1(COCC(C)(C)C)C(C)(C)C.N.[Na]. The van der Waals surface area contributed by atoms with Crippen molar-refractivity contribution >= 4 is 38.2 Å². The van der Waals surface area contributed by atoms with Crippen LogP contribution in [0.25, 0.3) is 0 Å². The van der Waals surface area contributed by atoms with Crippen molar-refractivity contribution in [3.05, 3.63) is 29.8 Å². The molecule has 0 bridgehead atoms. The molecular formula is C19H33NNaO6P+. The number of benzene rings is 1. The molecule has 0 spiro atoms. The van der Waals surface area contributed by atoms with Crippen LogP contribution in [0, 0.1) is 10.8 Å². The van der Waals surface area contributed by atoms with Crippen molar-refractivity contribution in [1.29, 1.82) is 0 Å². The molecule has 3 unspecified atom stereocenters. The molecule has 9 heteroatoms. The van der Waals surface area contributed by atoms with Gasteiger partial charge in [0.25, 0.3) is 5.79 Å². The molecule has 1 fully saturated rings.